The van der Waals surface area contributed by atoms with E-state index >= 15 is 0 Å². The van der Waals surface area contributed by atoms with Gasteiger partial charge in [-0.25, -0.2) is 4.39 Å². The first-order chi connectivity index (χ1) is 9.72. The average Bonchev–Trinajstić information content (AvgIpc) is 2.87. The summed E-state index contributed by atoms with van der Waals surface area (Å²) >= 11 is 4.98. The van der Waals surface area contributed by atoms with Crippen molar-refractivity contribution >= 4 is 27.7 Å². The largest absolute Gasteiger partial charge is 0.466 e. The number of benzene rings is 1. The van der Waals surface area contributed by atoms with E-state index < -0.39 is 0 Å². The zero-order valence-corrected chi connectivity index (χ0v) is 13.6. The van der Waals surface area contributed by atoms with Gasteiger partial charge in [-0.1, -0.05) is 19.1 Å². The van der Waals surface area contributed by atoms with E-state index in [0.717, 1.165) is 23.2 Å². The van der Waals surface area contributed by atoms with Gasteiger partial charge in [0.1, 0.15) is 11.6 Å². The number of thioether (sulfide) groups is 1. The molecule has 0 aliphatic heterocycles. The fourth-order valence-electron chi connectivity index (χ4n) is 1.83. The Morgan fingerprint density at radius 1 is 1.35 bits per heavy atom. The Morgan fingerprint density at radius 2 is 2.15 bits per heavy atom. The first-order valence-electron chi connectivity index (χ1n) is 6.56. The van der Waals surface area contributed by atoms with Crippen molar-refractivity contribution in [1.29, 1.82) is 0 Å². The summed E-state index contributed by atoms with van der Waals surface area (Å²) < 4.78 is 20.1. The molecule has 1 aromatic heterocycles. The highest BCUT2D eigenvalue weighted by Crippen LogP contribution is 2.30. The fourth-order valence-corrected chi connectivity index (χ4v) is 3.31. The van der Waals surface area contributed by atoms with E-state index in [9.17, 15) is 4.39 Å². The van der Waals surface area contributed by atoms with Crippen LogP contribution >= 0.6 is 27.7 Å². The minimum Gasteiger partial charge on any atom is -0.466 e. The Labute approximate surface area is 131 Å². The number of nitrogens with one attached hydrogen (secondary N) is 1. The number of rotatable bonds is 7. The third kappa shape index (κ3) is 4.11. The molecule has 0 saturated carbocycles. The summed E-state index contributed by atoms with van der Waals surface area (Å²) in [5.74, 6) is 1.40. The lowest BCUT2D eigenvalue weighted by molar-refractivity contribution is 0.432. The summed E-state index contributed by atoms with van der Waals surface area (Å²) in [5.41, 5.74) is 0. The summed E-state index contributed by atoms with van der Waals surface area (Å²) in [6, 6.07) is 8.78. The SMILES string of the molecule is CCCNC(CSc1ccccc1F)c1occc1Br. The lowest BCUT2D eigenvalue weighted by Crippen LogP contribution is -2.24. The molecule has 5 heteroatoms. The zero-order chi connectivity index (χ0) is 14.4. The van der Waals surface area contributed by atoms with Crippen LogP contribution in [-0.2, 0) is 0 Å². The molecule has 108 valence electrons. The molecule has 0 radical (unpaired) electrons. The molecule has 20 heavy (non-hydrogen) atoms. The molecule has 2 nitrogen and oxygen atoms in total. The van der Waals surface area contributed by atoms with Gasteiger partial charge in [-0.15, -0.1) is 11.8 Å². The van der Waals surface area contributed by atoms with Gasteiger partial charge >= 0.3 is 0 Å². The van der Waals surface area contributed by atoms with Gasteiger partial charge in [0.15, 0.2) is 0 Å². The summed E-state index contributed by atoms with van der Waals surface area (Å²) in [4.78, 5) is 0.665. The molecule has 0 saturated heterocycles. The van der Waals surface area contributed by atoms with E-state index in [1.54, 1.807) is 18.4 Å². The summed E-state index contributed by atoms with van der Waals surface area (Å²) in [6.07, 6.45) is 2.70. The summed E-state index contributed by atoms with van der Waals surface area (Å²) in [5, 5.41) is 3.44. The molecule has 1 N–H and O–H groups in total. The van der Waals surface area contributed by atoms with Gasteiger partial charge in [-0.3, -0.25) is 0 Å². The monoisotopic (exact) mass is 357 g/mol. The summed E-state index contributed by atoms with van der Waals surface area (Å²) in [6.45, 7) is 3.01. The van der Waals surface area contributed by atoms with Gasteiger partial charge in [0.2, 0.25) is 0 Å². The van der Waals surface area contributed by atoms with Crippen LogP contribution in [0.4, 0.5) is 4.39 Å². The van der Waals surface area contributed by atoms with Crippen LogP contribution in [0.2, 0.25) is 0 Å². The Kier molecular flexibility index (Phi) is 6.13. The van der Waals surface area contributed by atoms with Crippen molar-refractivity contribution in [1.82, 2.24) is 5.32 Å². The maximum Gasteiger partial charge on any atom is 0.136 e. The first-order valence-corrected chi connectivity index (χ1v) is 8.33. The van der Waals surface area contributed by atoms with Crippen LogP contribution < -0.4 is 5.32 Å². The fraction of sp³-hybridized carbons (Fsp3) is 0.333. The Morgan fingerprint density at radius 3 is 2.80 bits per heavy atom. The van der Waals surface area contributed by atoms with E-state index in [0.29, 0.717) is 10.6 Å². The lowest BCUT2D eigenvalue weighted by atomic mass is 10.2. The Hall–Kier alpha value is -0.780. The van der Waals surface area contributed by atoms with Gasteiger partial charge in [0.05, 0.1) is 16.8 Å². The lowest BCUT2D eigenvalue weighted by Gasteiger charge is -2.16. The predicted molar refractivity (Wildman–Crippen MR) is 84.6 cm³/mol. The predicted octanol–water partition coefficient (Wildman–Crippen LogP) is 5.01. The van der Waals surface area contributed by atoms with E-state index in [4.69, 9.17) is 4.42 Å². The number of furan rings is 1. The van der Waals surface area contributed by atoms with Crippen molar-refractivity contribution in [3.8, 4) is 0 Å². The molecule has 1 atom stereocenters. The zero-order valence-electron chi connectivity index (χ0n) is 11.2. The van der Waals surface area contributed by atoms with Gasteiger partial charge < -0.3 is 9.73 Å². The van der Waals surface area contributed by atoms with E-state index in [2.05, 4.69) is 28.2 Å². The van der Waals surface area contributed by atoms with E-state index in [-0.39, 0.29) is 11.9 Å². The molecule has 2 rings (SSSR count). The first kappa shape index (κ1) is 15.6. The molecular formula is C15H17BrFNOS. The average molecular weight is 358 g/mol. The second kappa shape index (κ2) is 7.86. The summed E-state index contributed by atoms with van der Waals surface area (Å²) in [7, 11) is 0. The maximum absolute atomic E-state index is 13.6. The van der Waals surface area contributed by atoms with Crippen LogP contribution in [0, 0.1) is 5.82 Å². The smallest absolute Gasteiger partial charge is 0.136 e. The van der Waals surface area contributed by atoms with E-state index in [1.165, 1.54) is 17.8 Å². The van der Waals surface area contributed by atoms with Crippen molar-refractivity contribution in [2.45, 2.75) is 24.3 Å². The molecule has 0 aliphatic rings. The molecular weight excluding hydrogens is 341 g/mol. The van der Waals surface area contributed by atoms with Crippen LogP contribution in [0.1, 0.15) is 25.1 Å². The van der Waals surface area contributed by atoms with Gasteiger partial charge in [-0.2, -0.15) is 0 Å². The standard InChI is InChI=1S/C15H17BrFNOS/c1-2-8-18-13(15-11(16)7-9-19-15)10-20-14-6-4-3-5-12(14)17/h3-7,9,13,18H,2,8,10H2,1H3. The minimum absolute atomic E-state index is 0.0592. The van der Waals surface area contributed by atoms with E-state index in [1.807, 2.05) is 12.1 Å². The van der Waals surface area contributed by atoms with Gasteiger partial charge in [-0.05, 0) is 47.1 Å². The molecule has 0 spiro atoms. The second-order valence-corrected chi connectivity index (χ2v) is 6.30. The van der Waals surface area contributed by atoms with Crippen LogP contribution in [0.25, 0.3) is 0 Å². The second-order valence-electron chi connectivity index (χ2n) is 4.38. The van der Waals surface area contributed by atoms with Gasteiger partial charge in [0.25, 0.3) is 0 Å². The molecule has 0 amide bonds. The van der Waals surface area contributed by atoms with Crippen LogP contribution in [0.15, 0.2) is 50.4 Å². The molecule has 2 aromatic rings. The van der Waals surface area contributed by atoms with Crippen molar-refractivity contribution in [3.63, 3.8) is 0 Å². The van der Waals surface area contributed by atoms with Crippen molar-refractivity contribution < 1.29 is 8.81 Å². The Bertz CT molecular complexity index is 546. The minimum atomic E-state index is -0.176. The molecule has 1 heterocycles. The highest BCUT2D eigenvalue weighted by atomic mass is 79.9. The van der Waals surface area contributed by atoms with Crippen LogP contribution in [0.5, 0.6) is 0 Å². The number of hydrogen-bond acceptors (Lipinski definition) is 3. The highest BCUT2D eigenvalue weighted by Gasteiger charge is 2.18. The van der Waals surface area contributed by atoms with Crippen molar-refractivity contribution in [3.05, 3.63) is 52.6 Å². The Balaban J connectivity index is 2.05. The third-order valence-corrected chi connectivity index (χ3v) is 4.64. The highest BCUT2D eigenvalue weighted by molar-refractivity contribution is 9.10. The van der Waals surface area contributed by atoms with Crippen LogP contribution in [0.3, 0.4) is 0 Å². The maximum atomic E-state index is 13.6. The topological polar surface area (TPSA) is 25.2 Å². The normalized spacial score (nSPS) is 12.6. The number of halogens is 2. The van der Waals surface area contributed by atoms with Crippen LogP contribution in [-0.4, -0.2) is 12.3 Å². The quantitative estimate of drug-likeness (QED) is 0.704. The number of hydrogen-bond donors (Lipinski definition) is 1. The molecule has 0 aliphatic carbocycles. The molecule has 1 aromatic carbocycles. The molecule has 0 bridgehead atoms. The molecule has 1 unspecified atom stereocenters. The van der Waals surface area contributed by atoms with Gasteiger partial charge in [0, 0.05) is 10.6 Å². The molecule has 0 fully saturated rings. The van der Waals surface area contributed by atoms with Crippen molar-refractivity contribution in [2.75, 3.05) is 12.3 Å². The third-order valence-electron chi connectivity index (χ3n) is 2.84. The van der Waals surface area contributed by atoms with Crippen molar-refractivity contribution in [2.24, 2.45) is 0 Å².